The van der Waals surface area contributed by atoms with Crippen LogP contribution in [0.4, 0.5) is 4.79 Å². The van der Waals surface area contributed by atoms with Gasteiger partial charge in [-0.05, 0) is 18.2 Å². The number of hydrogen-bond acceptors (Lipinski definition) is 3. The lowest BCUT2D eigenvalue weighted by Crippen LogP contribution is -2.50. The first-order valence-electron chi connectivity index (χ1n) is 6.47. The molecule has 0 radical (unpaired) electrons. The number of aromatic nitrogens is 2. The van der Waals surface area contributed by atoms with Crippen molar-refractivity contribution >= 4 is 34.6 Å². The van der Waals surface area contributed by atoms with Gasteiger partial charge in [-0.3, -0.25) is 4.79 Å². The number of halogens is 1. The summed E-state index contributed by atoms with van der Waals surface area (Å²) in [5.41, 5.74) is 1.38. The Labute approximate surface area is 125 Å². The minimum absolute atomic E-state index is 0.229. The lowest BCUT2D eigenvalue weighted by Gasteiger charge is -2.32. The first-order valence-corrected chi connectivity index (χ1v) is 6.85. The van der Waals surface area contributed by atoms with Gasteiger partial charge >= 0.3 is 6.09 Å². The molecule has 0 unspecified atom stereocenters. The number of imidazole rings is 1. The van der Waals surface area contributed by atoms with Crippen molar-refractivity contribution in [1.82, 2.24) is 19.8 Å². The zero-order chi connectivity index (χ0) is 15.0. The monoisotopic (exact) mass is 308 g/mol. The molecule has 1 aromatic heterocycles. The van der Waals surface area contributed by atoms with E-state index >= 15 is 0 Å². The summed E-state index contributed by atoms with van der Waals surface area (Å²) in [7, 11) is 0. The molecule has 3 rings (SSSR count). The summed E-state index contributed by atoms with van der Waals surface area (Å²) in [5.74, 6) is 0.0170. The van der Waals surface area contributed by atoms with Crippen molar-refractivity contribution in [1.29, 1.82) is 0 Å². The molecule has 0 bridgehead atoms. The van der Waals surface area contributed by atoms with E-state index in [1.165, 1.54) is 4.90 Å². The maximum absolute atomic E-state index is 12.4. The number of aromatic amines is 1. The normalized spacial score (nSPS) is 15.5. The van der Waals surface area contributed by atoms with E-state index in [0.717, 1.165) is 0 Å². The average molecular weight is 309 g/mol. The van der Waals surface area contributed by atoms with Gasteiger partial charge in [-0.2, -0.15) is 0 Å². The Balaban J connectivity index is 1.76. The highest BCUT2D eigenvalue weighted by Crippen LogP contribution is 2.18. The molecule has 1 saturated heterocycles. The summed E-state index contributed by atoms with van der Waals surface area (Å²) in [6.07, 6.45) is -0.958. The summed E-state index contributed by atoms with van der Waals surface area (Å²) in [5, 5.41) is 9.46. The van der Waals surface area contributed by atoms with Crippen LogP contribution in [-0.4, -0.2) is 63.1 Å². The Hall–Kier alpha value is -2.28. The Morgan fingerprint density at radius 2 is 1.86 bits per heavy atom. The molecule has 2 N–H and O–H groups in total. The number of hydrogen-bond donors (Lipinski definition) is 2. The predicted octanol–water partition coefficient (Wildman–Crippen LogP) is 1.65. The SMILES string of the molecule is O=C(O)N1CCN(C(=O)c2nc3ccc(Cl)cc3[nH]2)CC1. The van der Waals surface area contributed by atoms with Gasteiger partial charge in [0.15, 0.2) is 5.82 Å². The molecule has 110 valence electrons. The van der Waals surface area contributed by atoms with Crippen molar-refractivity contribution in [3.8, 4) is 0 Å². The van der Waals surface area contributed by atoms with Crippen molar-refractivity contribution in [2.75, 3.05) is 26.2 Å². The summed E-state index contributed by atoms with van der Waals surface area (Å²) in [4.78, 5) is 33.3. The van der Waals surface area contributed by atoms with Crippen molar-refractivity contribution < 1.29 is 14.7 Å². The molecule has 2 aromatic rings. The summed E-state index contributed by atoms with van der Waals surface area (Å²) < 4.78 is 0. The quantitative estimate of drug-likeness (QED) is 0.838. The van der Waals surface area contributed by atoms with E-state index in [1.54, 1.807) is 23.1 Å². The Bertz CT molecular complexity index is 707. The van der Waals surface area contributed by atoms with Gasteiger partial charge in [0.1, 0.15) is 0 Å². The summed E-state index contributed by atoms with van der Waals surface area (Å²) >= 11 is 5.90. The van der Waals surface area contributed by atoms with E-state index in [2.05, 4.69) is 9.97 Å². The minimum atomic E-state index is -0.958. The van der Waals surface area contributed by atoms with Crippen molar-refractivity contribution in [3.05, 3.63) is 29.0 Å². The molecule has 0 atom stereocenters. The summed E-state index contributed by atoms with van der Waals surface area (Å²) in [6.45, 7) is 1.35. The van der Waals surface area contributed by atoms with E-state index in [1.807, 2.05) is 0 Å². The number of fused-ring (bicyclic) bond motifs is 1. The van der Waals surface area contributed by atoms with Gasteiger partial charge in [-0.25, -0.2) is 9.78 Å². The number of carbonyl (C=O) groups excluding carboxylic acids is 1. The fourth-order valence-electron chi connectivity index (χ4n) is 2.33. The van der Waals surface area contributed by atoms with Crippen LogP contribution in [0.15, 0.2) is 18.2 Å². The molecule has 2 heterocycles. The third-order valence-electron chi connectivity index (χ3n) is 3.48. The lowest BCUT2D eigenvalue weighted by atomic mass is 10.3. The molecule has 8 heteroatoms. The van der Waals surface area contributed by atoms with E-state index in [0.29, 0.717) is 42.2 Å². The zero-order valence-electron chi connectivity index (χ0n) is 11.0. The van der Waals surface area contributed by atoms with E-state index in [-0.39, 0.29) is 11.7 Å². The fourth-order valence-corrected chi connectivity index (χ4v) is 2.51. The van der Waals surface area contributed by atoms with Gasteiger partial charge in [-0.1, -0.05) is 11.6 Å². The Kier molecular flexibility index (Phi) is 3.42. The highest BCUT2D eigenvalue weighted by Gasteiger charge is 2.26. The van der Waals surface area contributed by atoms with Gasteiger partial charge in [0.05, 0.1) is 11.0 Å². The second kappa shape index (κ2) is 5.25. The molecule has 0 saturated carbocycles. The molecule has 1 aromatic carbocycles. The molecule has 7 nitrogen and oxygen atoms in total. The molecular weight excluding hydrogens is 296 g/mol. The first kappa shape index (κ1) is 13.7. The second-order valence-corrected chi connectivity index (χ2v) is 5.25. The highest BCUT2D eigenvalue weighted by molar-refractivity contribution is 6.31. The molecular formula is C13H13ClN4O3. The molecule has 1 aliphatic rings. The second-order valence-electron chi connectivity index (χ2n) is 4.81. The molecule has 0 aliphatic carbocycles. The number of carboxylic acid groups (broad SMARTS) is 1. The molecule has 1 aliphatic heterocycles. The van der Waals surface area contributed by atoms with Crippen molar-refractivity contribution in [3.63, 3.8) is 0 Å². The van der Waals surface area contributed by atoms with Gasteiger partial charge < -0.3 is 19.9 Å². The maximum Gasteiger partial charge on any atom is 0.407 e. The van der Waals surface area contributed by atoms with Crippen LogP contribution in [-0.2, 0) is 0 Å². The van der Waals surface area contributed by atoms with Crippen molar-refractivity contribution in [2.45, 2.75) is 0 Å². The van der Waals surface area contributed by atoms with Gasteiger partial charge in [-0.15, -0.1) is 0 Å². The maximum atomic E-state index is 12.4. The van der Waals surface area contributed by atoms with Crippen LogP contribution in [0.1, 0.15) is 10.6 Å². The molecule has 1 fully saturated rings. The minimum Gasteiger partial charge on any atom is -0.465 e. The smallest absolute Gasteiger partial charge is 0.407 e. The number of carbonyl (C=O) groups is 2. The third-order valence-corrected chi connectivity index (χ3v) is 3.72. The highest BCUT2D eigenvalue weighted by atomic mass is 35.5. The fraction of sp³-hybridized carbons (Fsp3) is 0.308. The van der Waals surface area contributed by atoms with Crippen LogP contribution in [0, 0.1) is 0 Å². The van der Waals surface area contributed by atoms with Gasteiger partial charge in [0.25, 0.3) is 5.91 Å². The predicted molar refractivity (Wildman–Crippen MR) is 76.6 cm³/mol. The number of nitrogens with one attached hydrogen (secondary N) is 1. The molecule has 21 heavy (non-hydrogen) atoms. The number of nitrogens with zero attached hydrogens (tertiary/aromatic N) is 3. The topological polar surface area (TPSA) is 89.5 Å². The first-order chi connectivity index (χ1) is 10.0. The Morgan fingerprint density at radius 3 is 2.52 bits per heavy atom. The number of benzene rings is 1. The van der Waals surface area contributed by atoms with Crippen LogP contribution < -0.4 is 0 Å². The lowest BCUT2D eigenvalue weighted by molar-refractivity contribution is 0.0615. The zero-order valence-corrected chi connectivity index (χ0v) is 11.8. The summed E-state index contributed by atoms with van der Waals surface area (Å²) in [6, 6.07) is 5.17. The molecule has 2 amide bonds. The van der Waals surface area contributed by atoms with Crippen LogP contribution in [0.25, 0.3) is 11.0 Å². The third kappa shape index (κ3) is 2.64. The van der Waals surface area contributed by atoms with E-state index < -0.39 is 6.09 Å². The van der Waals surface area contributed by atoms with Crippen LogP contribution in [0.3, 0.4) is 0 Å². The van der Waals surface area contributed by atoms with Crippen LogP contribution in [0.2, 0.25) is 5.02 Å². The standard InChI is InChI=1S/C13H13ClN4O3/c14-8-1-2-9-10(7-8)16-11(15-9)12(19)17-3-5-18(6-4-17)13(20)21/h1-2,7H,3-6H2,(H,15,16)(H,20,21). The van der Waals surface area contributed by atoms with Gasteiger partial charge in [0.2, 0.25) is 0 Å². The van der Waals surface area contributed by atoms with Crippen LogP contribution in [0.5, 0.6) is 0 Å². The van der Waals surface area contributed by atoms with E-state index in [4.69, 9.17) is 16.7 Å². The largest absolute Gasteiger partial charge is 0.465 e. The van der Waals surface area contributed by atoms with E-state index in [9.17, 15) is 9.59 Å². The number of H-pyrrole nitrogens is 1. The Morgan fingerprint density at radius 1 is 1.19 bits per heavy atom. The average Bonchev–Trinajstić information content (AvgIpc) is 2.89. The van der Waals surface area contributed by atoms with Gasteiger partial charge in [0, 0.05) is 31.2 Å². The molecule has 0 spiro atoms. The van der Waals surface area contributed by atoms with Crippen LogP contribution >= 0.6 is 11.6 Å². The number of rotatable bonds is 1. The number of piperazine rings is 1. The van der Waals surface area contributed by atoms with Crippen molar-refractivity contribution in [2.24, 2.45) is 0 Å². The number of amides is 2.